The summed E-state index contributed by atoms with van der Waals surface area (Å²) < 4.78 is 52.0. The number of carbonyl (C=O) groups is 9. The predicted molar refractivity (Wildman–Crippen MR) is 378 cm³/mol. The first-order chi connectivity index (χ1) is 44.2. The Kier molecular flexibility index (Phi) is 27.4. The van der Waals surface area contributed by atoms with Crippen molar-refractivity contribution in [1.29, 1.82) is 0 Å². The Bertz CT molecular complexity index is 3220. The fraction of sp³-hybridized carbons (Fsp3) is 0.782. The molecule has 15 atom stereocenters. The molecule has 96 heavy (non-hydrogen) atoms. The first-order valence-corrected chi connectivity index (χ1v) is 38.8. The fourth-order valence-corrected chi connectivity index (χ4v) is 20.9. The summed E-state index contributed by atoms with van der Waals surface area (Å²) >= 11 is 0. The lowest BCUT2D eigenvalue weighted by atomic mass is 9.75. The Labute approximate surface area is 577 Å². The summed E-state index contributed by atoms with van der Waals surface area (Å²) in [4.78, 5) is 127. The van der Waals surface area contributed by atoms with Crippen molar-refractivity contribution in [3.05, 3.63) is 25.3 Å². The Morgan fingerprint density at radius 2 is 0.938 bits per heavy atom. The van der Waals surface area contributed by atoms with E-state index in [1.165, 1.54) is 0 Å². The molecule has 2 heterocycles. The first-order valence-electron chi connectivity index (χ1n) is 35.7. The number of rotatable bonds is 32. The number of fused-ring (bicyclic) bond motifs is 2. The van der Waals surface area contributed by atoms with Gasteiger partial charge < -0.3 is 14.9 Å². The minimum atomic E-state index is -3.47. The number of carbonyl (C=O) groups excluding carboxylic acids is 9. The molecule has 0 spiro atoms. The minimum Gasteiger partial charge on any atom is -0.385 e. The second-order valence-corrected chi connectivity index (χ2v) is 40.5. The van der Waals surface area contributed by atoms with Crippen molar-refractivity contribution in [2.45, 2.75) is 290 Å². The van der Waals surface area contributed by atoms with E-state index in [1.54, 1.807) is 63.5 Å². The molecule has 1 N–H and O–H groups in total. The number of amides is 2. The maximum atomic E-state index is 14.5. The maximum Gasteiger partial charge on any atom is 0.227 e. The average molecular weight is 1370 g/mol. The highest BCUT2D eigenvalue weighted by molar-refractivity contribution is 7.93. The molecule has 16 nitrogen and oxygen atoms in total. The van der Waals surface area contributed by atoms with Gasteiger partial charge in [-0.3, -0.25) is 43.2 Å². The number of likely N-dealkylation sites (tertiary alicyclic amines) is 2. The van der Waals surface area contributed by atoms with E-state index in [0.29, 0.717) is 64.5 Å². The summed E-state index contributed by atoms with van der Waals surface area (Å²) in [5.41, 5.74) is -1.48. The second kappa shape index (κ2) is 32.2. The highest BCUT2D eigenvalue weighted by Gasteiger charge is 2.71. The molecule has 2 amide bonds. The third-order valence-electron chi connectivity index (χ3n) is 23.2. The molecule has 4 aliphatic carbocycles. The molecule has 18 heteroatoms. The zero-order valence-electron chi connectivity index (χ0n) is 61.3. The van der Waals surface area contributed by atoms with Gasteiger partial charge in [-0.2, -0.15) is 0 Å². The van der Waals surface area contributed by atoms with Crippen molar-refractivity contribution in [3.63, 3.8) is 0 Å². The van der Waals surface area contributed by atoms with Crippen molar-refractivity contribution in [2.24, 2.45) is 80.8 Å². The summed E-state index contributed by atoms with van der Waals surface area (Å²) in [5.74, 6) is -0.928. The van der Waals surface area contributed by atoms with Gasteiger partial charge in [0.25, 0.3) is 0 Å². The molecule has 0 aromatic heterocycles. The summed E-state index contributed by atoms with van der Waals surface area (Å²) in [5, 5.41) is 9.80. The zero-order chi connectivity index (χ0) is 72.8. The predicted octanol–water partition coefficient (Wildman–Crippen LogP) is 12.5. The van der Waals surface area contributed by atoms with E-state index in [2.05, 4.69) is 52.7 Å². The van der Waals surface area contributed by atoms with Gasteiger partial charge in [-0.25, -0.2) is 16.8 Å². The Hall–Kier alpha value is -4.91. The highest BCUT2D eigenvalue weighted by atomic mass is 32.2. The smallest absolute Gasteiger partial charge is 0.227 e. The molecule has 0 radical (unpaired) electrons. The Morgan fingerprint density at radius 3 is 1.31 bits per heavy atom. The molecule has 538 valence electrons. The van der Waals surface area contributed by atoms with Crippen LogP contribution in [0.1, 0.15) is 252 Å². The van der Waals surface area contributed by atoms with E-state index in [0.717, 1.165) is 25.7 Å². The van der Waals surface area contributed by atoms with E-state index >= 15 is 0 Å². The standard InChI is InChI=1S/C39H61NO7S.C39H59NO7S/c2*1-11-13-17-26(35(44)30(42)19-14-12-2)22-31(43)34-33-29(39(33,9)10)24-40(34)36(45)28(37(3,4)5)23-27(41)21-25-18-15-16-20-32(25)48(46,47)38(6,7)8/h1,12,25-26,28-29,32-35,44H,2,13-24H2,3-10H3;1,12,25-26,28-29,32-34H,2,13-24H2,3-10H3/t25-,26?,28-,29+,32-,33+,34-,35?;25-,26?,28-,29+,32-,33+,34-/m11/s1. The molecular formula is C78H120N2O14S2. The van der Waals surface area contributed by atoms with Crippen LogP contribution in [0, 0.1) is 106 Å². The van der Waals surface area contributed by atoms with Crippen LogP contribution in [0.2, 0.25) is 0 Å². The number of hydrogen-bond donors (Lipinski definition) is 1. The molecule has 6 fully saturated rings. The average Bonchev–Trinajstić information content (AvgIpc) is 1.55. The van der Waals surface area contributed by atoms with Crippen LogP contribution in [0.4, 0.5) is 0 Å². The molecule has 0 bridgehead atoms. The minimum absolute atomic E-state index is 0.0153. The van der Waals surface area contributed by atoms with Gasteiger partial charge in [-0.1, -0.05) is 107 Å². The maximum absolute atomic E-state index is 14.5. The van der Waals surface area contributed by atoms with Crippen LogP contribution >= 0.6 is 0 Å². The molecule has 0 aromatic carbocycles. The first kappa shape index (κ1) is 81.8. The van der Waals surface area contributed by atoms with Gasteiger partial charge in [0, 0.05) is 95.1 Å². The molecule has 2 saturated heterocycles. The number of piperidine rings is 2. The zero-order valence-corrected chi connectivity index (χ0v) is 63.0. The number of aliphatic hydroxyl groups excluding tert-OH is 1. The third-order valence-corrected chi connectivity index (χ3v) is 29.4. The summed E-state index contributed by atoms with van der Waals surface area (Å²) in [6.45, 7) is 38.2. The van der Waals surface area contributed by atoms with Gasteiger partial charge in [0.1, 0.15) is 17.7 Å². The van der Waals surface area contributed by atoms with E-state index in [4.69, 9.17) is 12.8 Å². The summed E-state index contributed by atoms with van der Waals surface area (Å²) in [6.07, 6.45) is 20.6. The van der Waals surface area contributed by atoms with Gasteiger partial charge in [-0.15, -0.1) is 37.8 Å². The summed E-state index contributed by atoms with van der Waals surface area (Å²) in [6, 6.07) is -1.46. The number of nitrogens with zero attached hydrogens (tertiary/aromatic N) is 2. The van der Waals surface area contributed by atoms with Crippen molar-refractivity contribution in [2.75, 3.05) is 13.1 Å². The lowest BCUT2D eigenvalue weighted by Crippen LogP contribution is -2.51. The van der Waals surface area contributed by atoms with Crippen LogP contribution < -0.4 is 0 Å². The number of aliphatic hydroxyl groups is 1. The van der Waals surface area contributed by atoms with Crippen LogP contribution in [-0.2, 0) is 62.8 Å². The van der Waals surface area contributed by atoms with E-state index in [9.17, 15) is 65.1 Å². The van der Waals surface area contributed by atoms with Crippen molar-refractivity contribution in [3.8, 4) is 24.7 Å². The summed E-state index contributed by atoms with van der Waals surface area (Å²) in [7, 11) is -6.93. The normalized spacial score (nSPS) is 26.9. The molecule has 6 aliphatic rings. The topological polar surface area (TPSA) is 249 Å². The van der Waals surface area contributed by atoms with Crippen LogP contribution in [0.25, 0.3) is 0 Å². The van der Waals surface area contributed by atoms with Crippen LogP contribution in [0.3, 0.4) is 0 Å². The van der Waals surface area contributed by atoms with Crippen LogP contribution in [0.15, 0.2) is 25.3 Å². The number of allylic oxidation sites excluding steroid dienone is 2. The lowest BCUT2D eigenvalue weighted by molar-refractivity contribution is -0.148. The fourth-order valence-electron chi connectivity index (χ4n) is 16.6. The lowest BCUT2D eigenvalue weighted by Gasteiger charge is -2.38. The second-order valence-electron chi connectivity index (χ2n) is 34.6. The van der Waals surface area contributed by atoms with Crippen LogP contribution in [-0.4, -0.2) is 135 Å². The van der Waals surface area contributed by atoms with Crippen LogP contribution in [0.5, 0.6) is 0 Å². The van der Waals surface area contributed by atoms with E-state index in [-0.39, 0.29) is 151 Å². The van der Waals surface area contributed by atoms with Crippen molar-refractivity contribution < 1.29 is 65.1 Å². The van der Waals surface area contributed by atoms with Gasteiger partial charge in [0.2, 0.25) is 17.6 Å². The van der Waals surface area contributed by atoms with Gasteiger partial charge in [0.15, 0.2) is 42.8 Å². The van der Waals surface area contributed by atoms with Gasteiger partial charge in [-0.05, 0) is 156 Å². The highest BCUT2D eigenvalue weighted by Crippen LogP contribution is 2.67. The molecule has 4 saturated carbocycles. The molecule has 6 rings (SSSR count). The molecule has 2 aliphatic heterocycles. The number of Topliss-reactive ketones (excluding diaryl/α,β-unsaturated/α-hetero) is 7. The quantitative estimate of drug-likeness (QED) is 0.0374. The molecule has 3 unspecified atom stereocenters. The van der Waals surface area contributed by atoms with Crippen molar-refractivity contribution in [1.82, 2.24) is 9.80 Å². The Morgan fingerprint density at radius 1 is 0.562 bits per heavy atom. The number of ketones is 7. The largest absolute Gasteiger partial charge is 0.385 e. The number of hydrogen-bond acceptors (Lipinski definition) is 14. The SMILES string of the molecule is C#CCCC(CC(=O)[C@@H]1[C@@H]2[C@H](CN1C(=O)[C@@H](CC(=O)C[C@H]1CCCC[C@H]1S(=O)(=O)C(C)(C)C)C(C)(C)C)C2(C)C)C(=O)C(=O)CCC=C.C#CCCC(CC(=O)[C@@H]1[C@@H]2[C@H](CN1C(=O)[C@@H](CC(=O)C[C@H]1CCCC[C@H]1S(=O)(=O)C(C)(C)C)C(C)(C)C)C2(C)C)C(O)C(=O)CCC=C. The monoisotopic (exact) mass is 1370 g/mol. The van der Waals surface area contributed by atoms with E-state index < -0.39 is 104 Å². The van der Waals surface area contributed by atoms with E-state index in [1.807, 2.05) is 41.5 Å². The number of terminal acetylenes is 2. The number of sulfone groups is 2. The van der Waals surface area contributed by atoms with Crippen molar-refractivity contribution >= 4 is 72.0 Å². The molecular weight excluding hydrogens is 1250 g/mol. The Balaban J connectivity index is 0.000000347. The van der Waals surface area contributed by atoms with Gasteiger partial charge >= 0.3 is 0 Å². The molecule has 0 aromatic rings. The third kappa shape index (κ3) is 18.9. The van der Waals surface area contributed by atoms with Gasteiger partial charge in [0.05, 0.1) is 32.1 Å².